The zero-order valence-electron chi connectivity index (χ0n) is 47.4. The number of carbonyl (C=O) groups excluding carboxylic acids is 1. The van der Waals surface area contributed by atoms with Crippen molar-refractivity contribution in [3.05, 3.63) is 36.5 Å². The highest BCUT2D eigenvalue weighted by Gasteiger charge is 2.53. The first-order valence-corrected chi connectivity index (χ1v) is 30.2. The van der Waals surface area contributed by atoms with Gasteiger partial charge in [-0.2, -0.15) is 0 Å². The van der Waals surface area contributed by atoms with Gasteiger partial charge in [-0.05, 0) is 57.8 Å². The Labute approximate surface area is 466 Å². The molecule has 0 saturated carbocycles. The normalized spacial score (nSPS) is 30.7. The maximum atomic E-state index is 13.3. The van der Waals surface area contributed by atoms with E-state index in [0.717, 1.165) is 51.4 Å². The summed E-state index contributed by atoms with van der Waals surface area (Å²) in [4.78, 5) is 13.3. The first-order chi connectivity index (χ1) is 37.8. The second kappa shape index (κ2) is 42.8. The monoisotopic (exact) mass is 1120 g/mol. The summed E-state index contributed by atoms with van der Waals surface area (Å²) in [5.74, 6) is -0.291. The van der Waals surface area contributed by atoms with Crippen molar-refractivity contribution in [2.45, 2.75) is 304 Å². The topological polar surface area (TPSA) is 307 Å². The van der Waals surface area contributed by atoms with E-state index < -0.39 is 124 Å². The molecule has 3 rings (SSSR count). The van der Waals surface area contributed by atoms with E-state index in [1.165, 1.54) is 116 Å². The molecule has 0 aliphatic carbocycles. The molecule has 17 atom stereocenters. The second-order valence-corrected chi connectivity index (χ2v) is 21.8. The lowest BCUT2D eigenvalue weighted by molar-refractivity contribution is -0.379. The molecule has 3 fully saturated rings. The van der Waals surface area contributed by atoms with Crippen molar-refractivity contribution in [3.8, 4) is 0 Å². The highest BCUT2D eigenvalue weighted by Crippen LogP contribution is 2.33. The van der Waals surface area contributed by atoms with Crippen LogP contribution < -0.4 is 5.32 Å². The van der Waals surface area contributed by atoms with Gasteiger partial charge < -0.3 is 89.9 Å². The number of unbranched alkanes of at least 4 members (excludes halogenated alkanes) is 24. The lowest BCUT2D eigenvalue weighted by atomic mass is 9.96. The van der Waals surface area contributed by atoms with Gasteiger partial charge in [0, 0.05) is 6.42 Å². The van der Waals surface area contributed by atoms with Gasteiger partial charge in [0.25, 0.3) is 0 Å². The summed E-state index contributed by atoms with van der Waals surface area (Å²) in [6, 6.07) is -0.990. The summed E-state index contributed by atoms with van der Waals surface area (Å²) < 4.78 is 34.2. The molecule has 0 spiro atoms. The van der Waals surface area contributed by atoms with Crippen LogP contribution in [-0.2, 0) is 33.2 Å². The van der Waals surface area contributed by atoms with Crippen LogP contribution >= 0.6 is 0 Å². The minimum absolute atomic E-state index is 0.231. The van der Waals surface area contributed by atoms with Gasteiger partial charge in [-0.3, -0.25) is 4.79 Å². The number of ether oxygens (including phenoxy) is 6. The van der Waals surface area contributed by atoms with Crippen LogP contribution in [0.25, 0.3) is 0 Å². The average Bonchev–Trinajstić information content (AvgIpc) is 3.48. The maximum absolute atomic E-state index is 13.3. The average molecular weight is 1120 g/mol. The summed E-state index contributed by atoms with van der Waals surface area (Å²) in [5, 5.41) is 120. The molecule has 1 amide bonds. The Bertz CT molecular complexity index is 1570. The molecule has 0 aromatic heterocycles. The quantitative estimate of drug-likeness (QED) is 0.0271. The zero-order chi connectivity index (χ0) is 56.9. The zero-order valence-corrected chi connectivity index (χ0v) is 47.4. The van der Waals surface area contributed by atoms with E-state index in [9.17, 15) is 61.0 Å². The van der Waals surface area contributed by atoms with Crippen molar-refractivity contribution < 1.29 is 89.4 Å². The fourth-order valence-corrected chi connectivity index (χ4v) is 10.1. The van der Waals surface area contributed by atoms with E-state index >= 15 is 0 Å². The maximum Gasteiger partial charge on any atom is 0.220 e. The molecule has 0 bridgehead atoms. The first-order valence-electron chi connectivity index (χ1n) is 30.2. The molecule has 19 nitrogen and oxygen atoms in total. The molecule has 78 heavy (non-hydrogen) atoms. The number of aliphatic hydroxyl groups excluding tert-OH is 11. The smallest absolute Gasteiger partial charge is 0.220 e. The van der Waals surface area contributed by atoms with Crippen LogP contribution in [-0.4, -0.2) is 193 Å². The van der Waals surface area contributed by atoms with Gasteiger partial charge in [0.15, 0.2) is 18.9 Å². The second-order valence-electron chi connectivity index (χ2n) is 21.8. The molecule has 12 N–H and O–H groups in total. The van der Waals surface area contributed by atoms with Crippen molar-refractivity contribution in [3.63, 3.8) is 0 Å². The van der Waals surface area contributed by atoms with Gasteiger partial charge in [-0.25, -0.2) is 0 Å². The van der Waals surface area contributed by atoms with Gasteiger partial charge in [0.1, 0.15) is 73.2 Å². The molecule has 0 aromatic carbocycles. The van der Waals surface area contributed by atoms with Crippen molar-refractivity contribution in [1.29, 1.82) is 0 Å². The lowest BCUT2D eigenvalue weighted by Crippen LogP contribution is -2.66. The Balaban J connectivity index is 1.52. The van der Waals surface area contributed by atoms with Gasteiger partial charge in [0.2, 0.25) is 5.91 Å². The fraction of sp³-hybridized carbons (Fsp3) is 0.881. The van der Waals surface area contributed by atoms with Crippen molar-refractivity contribution >= 4 is 5.91 Å². The highest BCUT2D eigenvalue weighted by atomic mass is 16.8. The van der Waals surface area contributed by atoms with Crippen molar-refractivity contribution in [2.24, 2.45) is 0 Å². The molecule has 3 aliphatic heterocycles. The summed E-state index contributed by atoms with van der Waals surface area (Å²) >= 11 is 0. The van der Waals surface area contributed by atoms with E-state index in [2.05, 4.69) is 43.5 Å². The van der Waals surface area contributed by atoms with Crippen LogP contribution in [0.3, 0.4) is 0 Å². The summed E-state index contributed by atoms with van der Waals surface area (Å²) in [6.45, 7) is 1.69. The Morgan fingerprint density at radius 2 is 0.821 bits per heavy atom. The fourth-order valence-electron chi connectivity index (χ4n) is 10.1. The Kier molecular flexibility index (Phi) is 38.5. The van der Waals surface area contributed by atoms with E-state index in [1.54, 1.807) is 6.08 Å². The van der Waals surface area contributed by atoms with Crippen molar-refractivity contribution in [2.75, 3.05) is 26.4 Å². The van der Waals surface area contributed by atoms with Crippen LogP contribution in [0, 0.1) is 0 Å². The molecular weight excluding hydrogens is 1010 g/mol. The van der Waals surface area contributed by atoms with E-state index in [-0.39, 0.29) is 18.9 Å². The molecular formula is C59H107NO18. The largest absolute Gasteiger partial charge is 0.394 e. The Hall–Kier alpha value is -1.99. The van der Waals surface area contributed by atoms with E-state index in [0.29, 0.717) is 12.8 Å². The molecule has 3 heterocycles. The van der Waals surface area contributed by atoms with Gasteiger partial charge in [-0.15, -0.1) is 0 Å². The van der Waals surface area contributed by atoms with E-state index in [1.807, 2.05) is 6.08 Å². The third-order valence-corrected chi connectivity index (χ3v) is 15.2. The molecule has 0 radical (unpaired) electrons. The molecule has 3 saturated heterocycles. The molecule has 3 aliphatic rings. The number of rotatable bonds is 44. The van der Waals surface area contributed by atoms with Crippen LogP contribution in [0.1, 0.15) is 200 Å². The third kappa shape index (κ3) is 26.5. The predicted octanol–water partition coefficient (Wildman–Crippen LogP) is 5.32. The van der Waals surface area contributed by atoms with Crippen molar-refractivity contribution in [1.82, 2.24) is 5.32 Å². The minimum Gasteiger partial charge on any atom is -0.394 e. The molecule has 17 unspecified atom stereocenters. The number of allylic oxidation sites excluding steroid dienone is 5. The number of hydrogen-bond donors (Lipinski definition) is 12. The van der Waals surface area contributed by atoms with Crippen LogP contribution in [0.5, 0.6) is 0 Å². The number of hydrogen-bond acceptors (Lipinski definition) is 18. The molecule has 19 heteroatoms. The van der Waals surface area contributed by atoms with Crippen LogP contribution in [0.4, 0.5) is 0 Å². The highest BCUT2D eigenvalue weighted by molar-refractivity contribution is 5.76. The standard InChI is InChI=1S/C59H107NO18/c1-3-5-7-9-11-13-15-17-19-20-21-23-25-27-29-31-33-35-37-47(65)60-42(43(64)36-34-32-30-28-26-24-22-18-16-14-12-10-8-6-4-2)41-73-57-53(71)50(68)55(45(39-62)75-57)78-59-54(72)51(69)56(46(40-63)76-59)77-58-52(70)49(67)48(66)44(38-61)74-58/h19-20,26,28,34,36,42-46,48-59,61-64,66-72H,3-18,21-25,27,29-33,35,37-41H2,1-2H3,(H,60,65)/b20-19-,28-26+,36-34+. The molecule has 456 valence electrons. The number of nitrogens with one attached hydrogen (secondary N) is 1. The van der Waals surface area contributed by atoms with Gasteiger partial charge in [-0.1, -0.05) is 172 Å². The lowest BCUT2D eigenvalue weighted by Gasteiger charge is -2.48. The first kappa shape index (κ1) is 70.3. The predicted molar refractivity (Wildman–Crippen MR) is 296 cm³/mol. The Morgan fingerprint density at radius 3 is 1.28 bits per heavy atom. The third-order valence-electron chi connectivity index (χ3n) is 15.2. The summed E-state index contributed by atoms with van der Waals surface area (Å²) in [7, 11) is 0. The van der Waals surface area contributed by atoms with E-state index in [4.69, 9.17) is 28.4 Å². The number of amides is 1. The molecule has 0 aromatic rings. The number of aliphatic hydroxyl groups is 11. The van der Waals surface area contributed by atoms with Crippen LogP contribution in [0.2, 0.25) is 0 Å². The van der Waals surface area contributed by atoms with Gasteiger partial charge in [0.05, 0.1) is 38.6 Å². The summed E-state index contributed by atoms with van der Waals surface area (Å²) in [5.41, 5.74) is 0. The van der Waals surface area contributed by atoms with Gasteiger partial charge >= 0.3 is 0 Å². The SMILES string of the molecule is CCCCCCCCC/C=C\CCCCCCCCCC(=O)NC(COC1OC(CO)C(OC2OC(CO)C(OC3OC(CO)C(O)C(O)C3O)C(O)C2O)C(O)C1O)C(O)/C=C/CC/C=C/CCCCCCCCCCC. The Morgan fingerprint density at radius 1 is 0.449 bits per heavy atom. The number of carbonyl (C=O) groups is 1. The minimum atomic E-state index is -1.98. The summed E-state index contributed by atoms with van der Waals surface area (Å²) in [6.07, 6.45) is 18.4. The van der Waals surface area contributed by atoms with Crippen LogP contribution in [0.15, 0.2) is 36.5 Å².